The Kier molecular flexibility index (Phi) is 3.95. The van der Waals surface area contributed by atoms with Gasteiger partial charge in [0.05, 0.1) is 5.02 Å². The molecule has 0 N–H and O–H groups in total. The van der Waals surface area contributed by atoms with Crippen molar-refractivity contribution in [2.75, 3.05) is 0 Å². The topological polar surface area (TPSA) is 9.23 Å². The van der Waals surface area contributed by atoms with Crippen LogP contribution >= 0.6 is 39.1 Å². The van der Waals surface area contributed by atoms with Crippen LogP contribution in [-0.4, -0.2) is 0 Å². The van der Waals surface area contributed by atoms with E-state index in [4.69, 9.17) is 27.9 Å². The molecule has 1 spiro atoms. The number of hydrogen-bond acceptors (Lipinski definition) is 1. The molecule has 0 radical (unpaired) electrons. The zero-order chi connectivity index (χ0) is 16.0. The first-order chi connectivity index (χ1) is 11.1. The number of hydrogen-bond donors (Lipinski definition) is 0. The molecule has 0 bridgehead atoms. The molecule has 0 unspecified atom stereocenters. The molecular weight excluding hydrogens is 395 g/mol. The Morgan fingerprint density at radius 2 is 1.78 bits per heavy atom. The van der Waals surface area contributed by atoms with Crippen molar-refractivity contribution < 1.29 is 4.74 Å². The van der Waals surface area contributed by atoms with Crippen molar-refractivity contribution in [3.63, 3.8) is 0 Å². The van der Waals surface area contributed by atoms with E-state index >= 15 is 0 Å². The van der Waals surface area contributed by atoms with Crippen molar-refractivity contribution in [1.82, 2.24) is 0 Å². The van der Waals surface area contributed by atoms with E-state index in [2.05, 4.69) is 34.1 Å². The van der Waals surface area contributed by atoms with Crippen LogP contribution < -0.4 is 4.74 Å². The van der Waals surface area contributed by atoms with E-state index in [9.17, 15) is 0 Å². The molecule has 1 nitrogen and oxygen atoms in total. The standard InChI is InChI=1S/C19H15BrCl2O/c20-12-3-6-15-17(9-12)23-18(11-19(15)7-1-2-8-19)14-5-4-13(21)10-16(14)22/h3-6,9-11H,1-2,7-8H2. The second kappa shape index (κ2) is 5.84. The fourth-order valence-corrected chi connectivity index (χ4v) is 4.55. The summed E-state index contributed by atoms with van der Waals surface area (Å²) in [5.41, 5.74) is 2.24. The van der Waals surface area contributed by atoms with Gasteiger partial charge in [-0.2, -0.15) is 0 Å². The van der Waals surface area contributed by atoms with Gasteiger partial charge in [0.25, 0.3) is 0 Å². The van der Waals surface area contributed by atoms with E-state index in [1.807, 2.05) is 18.2 Å². The van der Waals surface area contributed by atoms with Gasteiger partial charge >= 0.3 is 0 Å². The van der Waals surface area contributed by atoms with Crippen LogP contribution in [0.15, 0.2) is 46.9 Å². The molecule has 1 heterocycles. The highest BCUT2D eigenvalue weighted by Crippen LogP contribution is 2.51. The molecule has 1 aliphatic heterocycles. The van der Waals surface area contributed by atoms with E-state index in [1.54, 1.807) is 6.07 Å². The summed E-state index contributed by atoms with van der Waals surface area (Å²) in [4.78, 5) is 0. The van der Waals surface area contributed by atoms with Crippen LogP contribution in [0.4, 0.5) is 0 Å². The van der Waals surface area contributed by atoms with Crippen LogP contribution in [0.2, 0.25) is 10.0 Å². The van der Waals surface area contributed by atoms with Crippen LogP contribution in [-0.2, 0) is 5.41 Å². The first-order valence-corrected chi connectivity index (χ1v) is 9.28. The minimum Gasteiger partial charge on any atom is -0.457 e. The predicted octanol–water partition coefficient (Wildman–Crippen LogP) is 7.00. The largest absolute Gasteiger partial charge is 0.457 e. The maximum Gasteiger partial charge on any atom is 0.133 e. The Bertz CT molecular complexity index is 807. The summed E-state index contributed by atoms with van der Waals surface area (Å²) < 4.78 is 7.23. The van der Waals surface area contributed by atoms with Crippen molar-refractivity contribution in [3.8, 4) is 5.75 Å². The van der Waals surface area contributed by atoms with E-state index in [0.717, 1.165) is 34.4 Å². The average molecular weight is 410 g/mol. The highest BCUT2D eigenvalue weighted by Gasteiger charge is 2.40. The molecule has 4 rings (SSSR count). The monoisotopic (exact) mass is 408 g/mol. The Balaban J connectivity index is 1.87. The van der Waals surface area contributed by atoms with Gasteiger partial charge in [0.1, 0.15) is 11.5 Å². The van der Waals surface area contributed by atoms with Crippen molar-refractivity contribution in [3.05, 3.63) is 68.1 Å². The van der Waals surface area contributed by atoms with Crippen molar-refractivity contribution in [2.24, 2.45) is 0 Å². The Morgan fingerprint density at radius 1 is 1.00 bits per heavy atom. The normalized spacial score (nSPS) is 18.5. The van der Waals surface area contributed by atoms with Gasteiger partial charge < -0.3 is 4.74 Å². The number of benzene rings is 2. The van der Waals surface area contributed by atoms with E-state index < -0.39 is 0 Å². The van der Waals surface area contributed by atoms with Crippen LogP contribution in [0.5, 0.6) is 5.75 Å². The fraction of sp³-hybridized carbons (Fsp3) is 0.263. The summed E-state index contributed by atoms with van der Waals surface area (Å²) in [7, 11) is 0. The molecule has 4 heteroatoms. The number of halogens is 3. The average Bonchev–Trinajstić information content (AvgIpc) is 2.95. The van der Waals surface area contributed by atoms with Crippen molar-refractivity contribution in [1.29, 1.82) is 0 Å². The SMILES string of the molecule is Clc1ccc(C2=CC3(CCCC3)c3ccc(Br)cc3O2)c(Cl)c1. The molecule has 1 aliphatic carbocycles. The molecule has 2 aromatic carbocycles. The van der Waals surface area contributed by atoms with Crippen LogP contribution in [0.1, 0.15) is 36.8 Å². The highest BCUT2D eigenvalue weighted by atomic mass is 79.9. The first kappa shape index (κ1) is 15.6. The number of rotatable bonds is 1. The molecule has 1 fully saturated rings. The van der Waals surface area contributed by atoms with Gasteiger partial charge in [0.2, 0.25) is 0 Å². The summed E-state index contributed by atoms with van der Waals surface area (Å²) in [5.74, 6) is 1.75. The van der Waals surface area contributed by atoms with Crippen molar-refractivity contribution in [2.45, 2.75) is 31.1 Å². The third kappa shape index (κ3) is 2.71. The maximum atomic E-state index is 6.40. The predicted molar refractivity (Wildman–Crippen MR) is 99.4 cm³/mol. The lowest BCUT2D eigenvalue weighted by molar-refractivity contribution is 0.435. The van der Waals surface area contributed by atoms with Gasteiger partial charge in [-0.15, -0.1) is 0 Å². The molecule has 0 saturated heterocycles. The lowest BCUT2D eigenvalue weighted by Crippen LogP contribution is -2.25. The van der Waals surface area contributed by atoms with Crippen LogP contribution in [0.3, 0.4) is 0 Å². The fourth-order valence-electron chi connectivity index (χ4n) is 3.71. The zero-order valence-electron chi connectivity index (χ0n) is 12.4. The Morgan fingerprint density at radius 3 is 2.52 bits per heavy atom. The molecule has 1 saturated carbocycles. The Hall–Kier alpha value is -0.960. The van der Waals surface area contributed by atoms with Crippen LogP contribution in [0, 0.1) is 0 Å². The number of fused-ring (bicyclic) bond motifs is 2. The molecule has 118 valence electrons. The van der Waals surface area contributed by atoms with Gasteiger partial charge in [-0.3, -0.25) is 0 Å². The van der Waals surface area contributed by atoms with E-state index in [0.29, 0.717) is 10.0 Å². The van der Waals surface area contributed by atoms with E-state index in [1.165, 1.54) is 18.4 Å². The van der Waals surface area contributed by atoms with Gasteiger partial charge in [0.15, 0.2) is 0 Å². The highest BCUT2D eigenvalue weighted by molar-refractivity contribution is 9.10. The molecule has 0 atom stereocenters. The zero-order valence-corrected chi connectivity index (χ0v) is 15.5. The third-order valence-corrected chi connectivity index (χ3v) is 5.84. The second-order valence-electron chi connectivity index (χ2n) is 6.24. The molecule has 0 amide bonds. The minimum absolute atomic E-state index is 0.0621. The summed E-state index contributed by atoms with van der Waals surface area (Å²) in [6, 6.07) is 11.9. The van der Waals surface area contributed by atoms with Gasteiger partial charge in [-0.05, 0) is 49.2 Å². The molecule has 2 aromatic rings. The quantitative estimate of drug-likeness (QED) is 0.492. The maximum absolute atomic E-state index is 6.40. The molecule has 0 aromatic heterocycles. The summed E-state index contributed by atoms with van der Waals surface area (Å²) in [6.07, 6.45) is 7.06. The molecule has 23 heavy (non-hydrogen) atoms. The third-order valence-electron chi connectivity index (χ3n) is 4.80. The number of allylic oxidation sites excluding steroid dienone is 1. The lowest BCUT2D eigenvalue weighted by atomic mass is 9.76. The van der Waals surface area contributed by atoms with E-state index in [-0.39, 0.29) is 5.41 Å². The molecular formula is C19H15BrCl2O. The summed E-state index contributed by atoms with van der Waals surface area (Å²) in [5, 5.41) is 1.25. The minimum atomic E-state index is 0.0621. The van der Waals surface area contributed by atoms with Gasteiger partial charge in [0, 0.05) is 26.0 Å². The Labute approximate surface area is 154 Å². The summed E-state index contributed by atoms with van der Waals surface area (Å²) >= 11 is 16.0. The smallest absolute Gasteiger partial charge is 0.133 e. The number of ether oxygens (including phenoxy) is 1. The van der Waals surface area contributed by atoms with Crippen LogP contribution in [0.25, 0.3) is 5.76 Å². The first-order valence-electron chi connectivity index (χ1n) is 7.74. The van der Waals surface area contributed by atoms with Crippen molar-refractivity contribution >= 4 is 44.9 Å². The lowest BCUT2D eigenvalue weighted by Gasteiger charge is -2.34. The molecule has 2 aliphatic rings. The summed E-state index contributed by atoms with van der Waals surface area (Å²) in [6.45, 7) is 0. The van der Waals surface area contributed by atoms with Gasteiger partial charge in [-0.25, -0.2) is 0 Å². The second-order valence-corrected chi connectivity index (χ2v) is 8.00. The van der Waals surface area contributed by atoms with Gasteiger partial charge in [-0.1, -0.05) is 58.0 Å².